The summed E-state index contributed by atoms with van der Waals surface area (Å²) < 4.78 is 21.7. The second-order valence-electron chi connectivity index (χ2n) is 4.99. The first-order valence-corrected chi connectivity index (χ1v) is 8.43. The summed E-state index contributed by atoms with van der Waals surface area (Å²) in [6.45, 7) is 10.3. The predicted molar refractivity (Wildman–Crippen MR) is 85.5 cm³/mol. The average molecular weight is 305 g/mol. The molecule has 1 N–H and O–H groups in total. The van der Waals surface area contributed by atoms with Crippen LogP contribution >= 0.6 is 0 Å². The van der Waals surface area contributed by atoms with Crippen LogP contribution in [0.2, 0.25) is 0 Å². The third-order valence-corrected chi connectivity index (χ3v) is 2.76. The Kier molecular flexibility index (Phi) is 19.6. The first-order valence-electron chi connectivity index (χ1n) is 8.43. The van der Waals surface area contributed by atoms with E-state index in [0.29, 0.717) is 13.5 Å². The number of hydrogen-bond acceptors (Lipinski definition) is 5. The normalized spacial score (nSPS) is 11.1. The van der Waals surface area contributed by atoms with E-state index in [1.54, 1.807) is 0 Å². The molecule has 0 atom stereocenters. The summed E-state index contributed by atoms with van der Waals surface area (Å²) in [5, 5.41) is 3.10. The Morgan fingerprint density at radius 2 is 0.905 bits per heavy atom. The van der Waals surface area contributed by atoms with Crippen LogP contribution in [0.15, 0.2) is 0 Å². The first-order chi connectivity index (χ1) is 10.4. The second kappa shape index (κ2) is 19.8. The lowest BCUT2D eigenvalue weighted by Gasteiger charge is -2.08. The molecule has 0 spiro atoms. The largest absolute Gasteiger partial charge is 0.381 e. The summed E-state index contributed by atoms with van der Waals surface area (Å²) in [5.41, 5.74) is 0. The molecule has 5 heteroatoms. The predicted octanol–water partition coefficient (Wildman–Crippen LogP) is 2.94. The van der Waals surface area contributed by atoms with Crippen LogP contribution in [-0.2, 0) is 18.9 Å². The van der Waals surface area contributed by atoms with Crippen LogP contribution < -0.4 is 5.32 Å². The van der Waals surface area contributed by atoms with E-state index >= 15 is 0 Å². The van der Waals surface area contributed by atoms with Gasteiger partial charge in [0.15, 0.2) is 0 Å². The lowest BCUT2D eigenvalue weighted by molar-refractivity contribution is 0.0501. The maximum absolute atomic E-state index is 5.45. The zero-order valence-electron chi connectivity index (χ0n) is 14.0. The van der Waals surface area contributed by atoms with Gasteiger partial charge in [-0.3, -0.25) is 5.32 Å². The number of rotatable bonds is 18. The minimum absolute atomic E-state index is 0.551. The molecule has 0 rings (SSSR count). The number of ether oxygens (including phenoxy) is 4. The van der Waals surface area contributed by atoms with Crippen LogP contribution in [0, 0.1) is 0 Å². The van der Waals surface area contributed by atoms with Crippen molar-refractivity contribution in [3.05, 3.63) is 0 Å². The maximum Gasteiger partial charge on any atom is 0.0982 e. The highest BCUT2D eigenvalue weighted by molar-refractivity contribution is 4.40. The first kappa shape index (κ1) is 20.8. The highest BCUT2D eigenvalue weighted by Gasteiger charge is 1.92. The van der Waals surface area contributed by atoms with E-state index in [2.05, 4.69) is 19.2 Å². The summed E-state index contributed by atoms with van der Waals surface area (Å²) in [6.07, 6.45) is 6.40. The van der Waals surface area contributed by atoms with Crippen LogP contribution in [0.25, 0.3) is 0 Å². The summed E-state index contributed by atoms with van der Waals surface area (Å²) in [6, 6.07) is 0. The molecule has 0 saturated carbocycles. The maximum atomic E-state index is 5.45. The molecular weight excluding hydrogens is 270 g/mol. The van der Waals surface area contributed by atoms with Gasteiger partial charge in [-0.2, -0.15) is 0 Å². The van der Waals surface area contributed by atoms with E-state index in [-0.39, 0.29) is 0 Å². The molecule has 0 bridgehead atoms. The Labute approximate surface area is 130 Å². The van der Waals surface area contributed by atoms with Gasteiger partial charge in [-0.05, 0) is 38.5 Å². The highest BCUT2D eigenvalue weighted by atomic mass is 16.5. The van der Waals surface area contributed by atoms with E-state index < -0.39 is 0 Å². The van der Waals surface area contributed by atoms with Gasteiger partial charge in [-0.1, -0.05) is 13.8 Å². The van der Waals surface area contributed by atoms with Gasteiger partial charge in [0.1, 0.15) is 0 Å². The molecule has 0 radical (unpaired) electrons. The number of unbranched alkanes of at least 4 members (excludes halogenated alkanes) is 2. The van der Waals surface area contributed by atoms with Crippen molar-refractivity contribution in [2.45, 2.75) is 52.4 Å². The molecule has 5 nitrogen and oxygen atoms in total. The van der Waals surface area contributed by atoms with Crippen molar-refractivity contribution in [2.24, 2.45) is 0 Å². The van der Waals surface area contributed by atoms with E-state index in [1.165, 1.54) is 0 Å². The lowest BCUT2D eigenvalue weighted by atomic mass is 10.3. The standard InChI is InChI=1S/C16H35NO4/c1-3-9-18-11-5-7-13-20-15-17-16-21-14-8-6-12-19-10-4-2/h17H,3-16H2,1-2H3. The Balaban J connectivity index is 2.90. The third kappa shape index (κ3) is 19.8. The quantitative estimate of drug-likeness (QED) is 0.312. The molecule has 0 aliphatic heterocycles. The molecule has 0 aromatic heterocycles. The number of nitrogens with one attached hydrogen (secondary N) is 1. The van der Waals surface area contributed by atoms with Crippen molar-refractivity contribution in [3.8, 4) is 0 Å². The fourth-order valence-electron chi connectivity index (χ4n) is 1.64. The van der Waals surface area contributed by atoms with Gasteiger partial charge in [0.05, 0.1) is 13.5 Å². The fraction of sp³-hybridized carbons (Fsp3) is 1.00. The van der Waals surface area contributed by atoms with Gasteiger partial charge < -0.3 is 18.9 Å². The Bertz CT molecular complexity index is 164. The minimum atomic E-state index is 0.551. The lowest BCUT2D eigenvalue weighted by Crippen LogP contribution is -2.22. The molecule has 128 valence electrons. The van der Waals surface area contributed by atoms with Crippen molar-refractivity contribution in [2.75, 3.05) is 53.1 Å². The summed E-state index contributed by atoms with van der Waals surface area (Å²) >= 11 is 0. The zero-order chi connectivity index (χ0) is 15.4. The van der Waals surface area contributed by atoms with Crippen LogP contribution in [0.5, 0.6) is 0 Å². The topological polar surface area (TPSA) is 49.0 Å². The molecule has 0 amide bonds. The molecule has 0 saturated heterocycles. The van der Waals surface area contributed by atoms with Gasteiger partial charge in [0.25, 0.3) is 0 Å². The van der Waals surface area contributed by atoms with Crippen molar-refractivity contribution < 1.29 is 18.9 Å². The Morgan fingerprint density at radius 1 is 0.524 bits per heavy atom. The van der Waals surface area contributed by atoms with Crippen molar-refractivity contribution in [3.63, 3.8) is 0 Å². The smallest absolute Gasteiger partial charge is 0.0982 e. The van der Waals surface area contributed by atoms with Gasteiger partial charge in [-0.25, -0.2) is 0 Å². The molecule has 0 heterocycles. The monoisotopic (exact) mass is 305 g/mol. The Morgan fingerprint density at radius 3 is 1.29 bits per heavy atom. The minimum Gasteiger partial charge on any atom is -0.381 e. The van der Waals surface area contributed by atoms with E-state index in [4.69, 9.17) is 18.9 Å². The third-order valence-electron chi connectivity index (χ3n) is 2.76. The van der Waals surface area contributed by atoms with Crippen LogP contribution in [0.3, 0.4) is 0 Å². The summed E-state index contributed by atoms with van der Waals surface area (Å²) in [5.74, 6) is 0. The van der Waals surface area contributed by atoms with E-state index in [1.807, 2.05) is 0 Å². The Hall–Kier alpha value is -0.200. The average Bonchev–Trinajstić information content (AvgIpc) is 2.50. The molecule has 21 heavy (non-hydrogen) atoms. The summed E-state index contributed by atoms with van der Waals surface area (Å²) in [4.78, 5) is 0. The van der Waals surface area contributed by atoms with E-state index in [0.717, 1.165) is 78.2 Å². The van der Waals surface area contributed by atoms with Crippen molar-refractivity contribution in [1.82, 2.24) is 5.32 Å². The SMILES string of the molecule is CCCOCCCCOCNCOCCCCOCCC. The summed E-state index contributed by atoms with van der Waals surface area (Å²) in [7, 11) is 0. The molecule has 0 aliphatic rings. The molecule has 0 fully saturated rings. The fourth-order valence-corrected chi connectivity index (χ4v) is 1.64. The van der Waals surface area contributed by atoms with E-state index in [9.17, 15) is 0 Å². The zero-order valence-corrected chi connectivity index (χ0v) is 14.0. The van der Waals surface area contributed by atoms with Gasteiger partial charge in [-0.15, -0.1) is 0 Å². The van der Waals surface area contributed by atoms with Crippen LogP contribution in [-0.4, -0.2) is 53.1 Å². The molecule has 0 aromatic carbocycles. The van der Waals surface area contributed by atoms with Gasteiger partial charge in [0, 0.05) is 39.6 Å². The molecule has 0 aliphatic carbocycles. The highest BCUT2D eigenvalue weighted by Crippen LogP contribution is 1.93. The van der Waals surface area contributed by atoms with Crippen molar-refractivity contribution in [1.29, 1.82) is 0 Å². The van der Waals surface area contributed by atoms with Gasteiger partial charge in [0.2, 0.25) is 0 Å². The molecular formula is C16H35NO4. The molecule has 0 unspecified atom stereocenters. The number of hydrogen-bond donors (Lipinski definition) is 1. The van der Waals surface area contributed by atoms with Gasteiger partial charge >= 0.3 is 0 Å². The van der Waals surface area contributed by atoms with Crippen LogP contribution in [0.1, 0.15) is 52.4 Å². The van der Waals surface area contributed by atoms with Crippen molar-refractivity contribution >= 4 is 0 Å². The molecule has 0 aromatic rings. The second-order valence-corrected chi connectivity index (χ2v) is 4.99. The van der Waals surface area contributed by atoms with Crippen LogP contribution in [0.4, 0.5) is 0 Å².